The van der Waals surface area contributed by atoms with E-state index in [1.165, 1.54) is 42.5 Å². The highest BCUT2D eigenvalue weighted by molar-refractivity contribution is 5.93. The molecule has 10 aliphatic rings. The van der Waals surface area contributed by atoms with Crippen molar-refractivity contribution < 1.29 is 119 Å². The van der Waals surface area contributed by atoms with Gasteiger partial charge in [0.1, 0.15) is 56.2 Å². The van der Waals surface area contributed by atoms with Crippen molar-refractivity contribution in [1.29, 1.82) is 0 Å². The Morgan fingerprint density at radius 3 is 1.42 bits per heavy atom. The number of ether oxygens (including phenoxy) is 21. The number of rotatable bonds is 17. The van der Waals surface area contributed by atoms with Gasteiger partial charge in [-0.25, -0.2) is 4.79 Å². The Bertz CT molecular complexity index is 4100. The van der Waals surface area contributed by atoms with E-state index >= 15 is 0 Å². The summed E-state index contributed by atoms with van der Waals surface area (Å²) < 4.78 is 108. The number of methoxy groups -OCH3 is 5. The molecule has 9 aliphatic heterocycles. The first-order valence-electron chi connectivity index (χ1n) is 39.4. The van der Waals surface area contributed by atoms with Crippen LogP contribution in [0.3, 0.4) is 0 Å². The molecule has 118 heavy (non-hydrogen) atoms. The van der Waals surface area contributed by atoms with E-state index in [0.29, 0.717) is 64.7 Å². The molecule has 0 aromatic heterocycles. The Morgan fingerprint density at radius 2 is 0.966 bits per heavy atom. The predicted molar refractivity (Wildman–Crippen MR) is 437 cm³/mol. The van der Waals surface area contributed by atoms with E-state index in [1.54, 1.807) is 48.5 Å². The van der Waals surface area contributed by atoms with Gasteiger partial charge in [-0.2, -0.15) is 0 Å². The number of aryl methyl sites for hydroxylation is 1. The van der Waals surface area contributed by atoms with Crippen LogP contribution in [0, 0.1) is 6.92 Å². The number of cyclic esters (lactones) is 3. The van der Waals surface area contributed by atoms with E-state index in [0.717, 1.165) is 105 Å². The van der Waals surface area contributed by atoms with E-state index < -0.39 is 35.3 Å². The van der Waals surface area contributed by atoms with E-state index in [9.17, 15) is 19.2 Å². The quantitative estimate of drug-likeness (QED) is 0.0269. The fraction of sp³-hybridized carbons (Fsp3) is 0.419. The molecule has 18 rings (SSSR count). The fourth-order valence-corrected chi connectivity index (χ4v) is 11.7. The lowest BCUT2D eigenvalue weighted by Gasteiger charge is -2.29. The van der Waals surface area contributed by atoms with Gasteiger partial charge in [0.15, 0.2) is 23.6 Å². The molecule has 8 aromatic rings. The third-order valence-electron chi connectivity index (χ3n) is 18.4. The van der Waals surface area contributed by atoms with Crippen molar-refractivity contribution >= 4 is 23.9 Å². The predicted octanol–water partition coefficient (Wildman–Crippen LogP) is 16.6. The second-order valence-electron chi connectivity index (χ2n) is 28.0. The number of esters is 4. The van der Waals surface area contributed by atoms with Crippen molar-refractivity contribution in [2.45, 2.75) is 147 Å². The molecule has 0 bridgehead atoms. The molecule has 4 atom stereocenters. The molecule has 8 fully saturated rings. The van der Waals surface area contributed by atoms with Gasteiger partial charge in [-0.15, -0.1) is 0 Å². The van der Waals surface area contributed by atoms with E-state index in [4.69, 9.17) is 85.3 Å². The highest BCUT2D eigenvalue weighted by Gasteiger charge is 2.42. The highest BCUT2D eigenvalue weighted by Crippen LogP contribution is 2.37. The zero-order chi connectivity index (χ0) is 84.1. The number of para-hydroxylation sites is 1. The number of carbonyl (C=O) groups excluding carboxylic acids is 4. The fourth-order valence-electron chi connectivity index (χ4n) is 11.7. The maximum atomic E-state index is 10.8. The van der Waals surface area contributed by atoms with Gasteiger partial charge >= 0.3 is 29.9 Å². The molecular weight excluding hydrogens is 1520 g/mol. The van der Waals surface area contributed by atoms with E-state index in [2.05, 4.69) is 50.6 Å². The average Bonchev–Trinajstić information content (AvgIpc) is 1.85. The van der Waals surface area contributed by atoms with Crippen molar-refractivity contribution in [3.8, 4) is 17.2 Å². The van der Waals surface area contributed by atoms with Gasteiger partial charge in [0.05, 0.1) is 65.4 Å². The summed E-state index contributed by atoms with van der Waals surface area (Å²) in [6, 6.07) is 75.8. The summed E-state index contributed by atoms with van der Waals surface area (Å²) in [7, 11) is 7.90. The molecule has 4 unspecified atom stereocenters. The van der Waals surface area contributed by atoms with Crippen molar-refractivity contribution in [1.82, 2.24) is 0 Å². The summed E-state index contributed by atoms with van der Waals surface area (Å²) in [5.74, 6) is -1.32. The van der Waals surface area contributed by atoms with Gasteiger partial charge in [0.25, 0.3) is 5.79 Å². The normalized spacial score (nSPS) is 19.5. The molecule has 8 aromatic carbocycles. The summed E-state index contributed by atoms with van der Waals surface area (Å²) in [5.41, 5.74) is 7.93. The molecule has 1 spiro atoms. The zero-order valence-electron chi connectivity index (χ0n) is 69.3. The van der Waals surface area contributed by atoms with Gasteiger partial charge in [-0.05, 0) is 86.2 Å². The highest BCUT2D eigenvalue weighted by atomic mass is 16.9. The number of epoxide rings is 3. The first kappa shape index (κ1) is 93.7. The third-order valence-corrected chi connectivity index (χ3v) is 18.4. The summed E-state index contributed by atoms with van der Waals surface area (Å²) >= 11 is 0. The summed E-state index contributed by atoms with van der Waals surface area (Å²) in [5, 5.41) is 0. The number of benzene rings is 8. The molecule has 1 saturated carbocycles. The molecule has 25 nitrogen and oxygen atoms in total. The van der Waals surface area contributed by atoms with Crippen LogP contribution in [0.15, 0.2) is 242 Å². The molecule has 1 aliphatic carbocycles. The lowest BCUT2D eigenvalue weighted by atomic mass is 9.94. The van der Waals surface area contributed by atoms with Crippen LogP contribution in [-0.2, 0) is 123 Å². The Balaban J connectivity index is 0.000000162. The number of carbonyl (C=O) groups is 4. The van der Waals surface area contributed by atoms with Crippen LogP contribution in [-0.4, -0.2) is 156 Å². The van der Waals surface area contributed by atoms with Gasteiger partial charge < -0.3 is 99.5 Å². The molecular formula is C93H114O25. The first-order valence-corrected chi connectivity index (χ1v) is 39.4. The third kappa shape index (κ3) is 35.0. The molecule has 636 valence electrons. The smallest absolute Gasteiger partial charge is 0.334 e. The summed E-state index contributed by atoms with van der Waals surface area (Å²) in [4.78, 5) is 42.1. The van der Waals surface area contributed by atoms with Crippen LogP contribution in [0.4, 0.5) is 0 Å². The second-order valence-corrected chi connectivity index (χ2v) is 28.0. The van der Waals surface area contributed by atoms with Gasteiger partial charge in [-0.1, -0.05) is 213 Å². The Labute approximate surface area is 693 Å². The van der Waals surface area contributed by atoms with Gasteiger partial charge in [-0.3, -0.25) is 14.4 Å². The topological polar surface area (TPSA) is 272 Å². The van der Waals surface area contributed by atoms with Crippen LogP contribution in [0.1, 0.15) is 137 Å². The maximum absolute atomic E-state index is 10.8. The number of hydrogen-bond donors (Lipinski definition) is 0. The average molecular weight is 1630 g/mol. The number of fused-ring (bicyclic) bond motifs is 1. The standard InChI is InChI=1S/C10H14O3.2C10H12O2.C10H14O2.2C9H10O2.C8H12O3.C8H8O2.C8H8O.C6H8O4.C5H6O2/c1-11-10(12-2,13-3)9-7-5-4-6-8-9;1-2-4-9(5-3-1)6-11-7-10-8-12-10;1-2-4-9(5-3-1)10-6-7-11-8-12-10;1-10(11-2,12-3)9-7-5-4-6-8-9;1-2-4-8(5-3-1)10-6-9-7-11-9;1-2-4-8(5-3-1)9-10-6-7-11-9;9-7-6-10-8(11-7)4-2-1-3-5-8;1-6-2-3-7-8(4-6)10-5-9-7;1-2-4-7(5-3-1)8-6-9-8;1-6(2)9-4(7)3-5(8)10-6;1-4-2-3-5(6)7-4/h4-8H,1-3H3;2*1-5,10H,6-8H2;4-8H,1-3H3;2*1-5,9H,6-7H2;1-6H2;2-4H,5H2,1H3;1-5,8H,6H2;3H2,1-2H3;2H,3H2,1H3. The molecule has 0 N–H and O–H groups in total. The SMILES string of the molecule is CC1(C)OC(=O)CC(=O)O1.CC1=CCC(=O)O1.COC(C)(OC)c1ccccc1.COC(OC)(OC)c1ccccc1.Cc1ccc2c(c1)OCO2.O=C1COC2(CCCCC2)O1.c1ccc(C2CCOCO2)cc1.c1ccc(C2CO2)cc1.c1ccc(C2OCCO2)cc1.c1ccc(COCC2CO2)cc1.c1ccc(OCC2CO2)cc1. The van der Waals surface area contributed by atoms with Crippen LogP contribution in [0.5, 0.6) is 17.2 Å². The Kier molecular flexibility index (Phi) is 40.4. The van der Waals surface area contributed by atoms with E-state index in [-0.39, 0.29) is 37.4 Å². The largest absolute Gasteiger partial charge is 0.491 e. The molecule has 0 radical (unpaired) electrons. The molecule has 0 amide bonds. The minimum atomic E-state index is -1.08. The minimum Gasteiger partial charge on any atom is -0.491 e. The van der Waals surface area contributed by atoms with Gasteiger partial charge in [0, 0.05) is 85.3 Å². The van der Waals surface area contributed by atoms with Crippen molar-refractivity contribution in [3.05, 3.63) is 281 Å². The summed E-state index contributed by atoms with van der Waals surface area (Å²) in [6.07, 6.45) is 9.38. The zero-order valence-corrected chi connectivity index (χ0v) is 69.3. The Morgan fingerprint density at radius 1 is 0.466 bits per heavy atom. The van der Waals surface area contributed by atoms with Crippen molar-refractivity contribution in [3.63, 3.8) is 0 Å². The molecule has 7 saturated heterocycles. The van der Waals surface area contributed by atoms with Crippen LogP contribution < -0.4 is 14.2 Å². The van der Waals surface area contributed by atoms with Crippen LogP contribution in [0.25, 0.3) is 0 Å². The minimum absolute atomic E-state index is 0.129. The molecule has 25 heteroatoms. The van der Waals surface area contributed by atoms with E-state index in [1.807, 2.05) is 208 Å². The maximum Gasteiger partial charge on any atom is 0.334 e. The number of allylic oxidation sites excluding steroid dienone is 1. The lowest BCUT2D eigenvalue weighted by molar-refractivity contribution is -0.364. The van der Waals surface area contributed by atoms with Crippen molar-refractivity contribution in [2.24, 2.45) is 0 Å². The summed E-state index contributed by atoms with van der Waals surface area (Å²) in [6.45, 7) is 16.6. The first-order chi connectivity index (χ1) is 57.3. The van der Waals surface area contributed by atoms with Crippen LogP contribution in [0.2, 0.25) is 0 Å². The molecule has 9 heterocycles. The van der Waals surface area contributed by atoms with Crippen molar-refractivity contribution in [2.75, 3.05) is 109 Å². The van der Waals surface area contributed by atoms with Gasteiger partial charge in [0.2, 0.25) is 12.6 Å². The Hall–Kier alpha value is -9.78. The monoisotopic (exact) mass is 1630 g/mol. The number of hydrogen-bond acceptors (Lipinski definition) is 25. The lowest BCUT2D eigenvalue weighted by Crippen LogP contribution is -2.39. The second kappa shape index (κ2) is 50.9. The van der Waals surface area contributed by atoms with Crippen LogP contribution >= 0.6 is 0 Å².